The average Bonchev–Trinajstić information content (AvgIpc) is 3.37. The second-order valence-corrected chi connectivity index (χ2v) is 7.96. The number of guanidine groups is 1. The highest BCUT2D eigenvalue weighted by Crippen LogP contribution is 2.38. The number of aliphatic imine (C=N–C) groups is 1. The van der Waals surface area contributed by atoms with E-state index in [1.165, 1.54) is 11.6 Å². The molecule has 1 atom stereocenters. The van der Waals surface area contributed by atoms with Crippen molar-refractivity contribution in [1.82, 2.24) is 10.2 Å². The lowest BCUT2D eigenvalue weighted by Crippen LogP contribution is -2.41. The van der Waals surface area contributed by atoms with Gasteiger partial charge in [0.1, 0.15) is 5.82 Å². The highest BCUT2D eigenvalue weighted by atomic mass is 127. The van der Waals surface area contributed by atoms with Gasteiger partial charge in [-0.25, -0.2) is 4.39 Å². The predicted octanol–water partition coefficient (Wildman–Crippen LogP) is 4.01. The van der Waals surface area contributed by atoms with Crippen LogP contribution in [0.4, 0.5) is 10.1 Å². The van der Waals surface area contributed by atoms with Gasteiger partial charge >= 0.3 is 0 Å². The first kappa shape index (κ1) is 24.0. The first-order chi connectivity index (χ1) is 15.1. The molecule has 2 aliphatic heterocycles. The van der Waals surface area contributed by atoms with Crippen LogP contribution in [0.5, 0.6) is 0 Å². The van der Waals surface area contributed by atoms with Crippen LogP contribution in [0, 0.1) is 17.1 Å². The summed E-state index contributed by atoms with van der Waals surface area (Å²) in [5, 5.41) is 12.2. The Hall–Kier alpha value is -2.67. The Kier molecular flexibility index (Phi) is 8.07. The van der Waals surface area contributed by atoms with E-state index in [0.29, 0.717) is 29.4 Å². The van der Waals surface area contributed by atoms with Crippen molar-refractivity contribution in [2.45, 2.75) is 31.7 Å². The van der Waals surface area contributed by atoms with E-state index in [1.54, 1.807) is 19.2 Å². The van der Waals surface area contributed by atoms with Crippen LogP contribution >= 0.6 is 24.0 Å². The van der Waals surface area contributed by atoms with Crippen molar-refractivity contribution >= 4 is 41.5 Å². The number of nitrogens with zero attached hydrogens (tertiary/aromatic N) is 4. The SMILES string of the molecule is CN=C(NCc1ccc(C#N)cc1F)N1CC(CCN2CCCC2=O)c2ccccc21.I. The fourth-order valence-electron chi connectivity index (χ4n) is 4.42. The summed E-state index contributed by atoms with van der Waals surface area (Å²) in [7, 11) is 1.72. The van der Waals surface area contributed by atoms with Gasteiger partial charge in [-0.3, -0.25) is 9.79 Å². The fourth-order valence-corrected chi connectivity index (χ4v) is 4.42. The molecule has 4 rings (SSSR count). The lowest BCUT2D eigenvalue weighted by Gasteiger charge is -2.23. The molecule has 6 nitrogen and oxygen atoms in total. The molecular formula is C24H27FIN5O. The van der Waals surface area contributed by atoms with Crippen LogP contribution in [0.25, 0.3) is 0 Å². The number of benzene rings is 2. The maximum atomic E-state index is 14.3. The molecule has 2 aromatic carbocycles. The van der Waals surface area contributed by atoms with Gasteiger partial charge in [-0.2, -0.15) is 5.26 Å². The largest absolute Gasteiger partial charge is 0.352 e. The number of carbonyl (C=O) groups is 1. The van der Waals surface area contributed by atoms with E-state index in [4.69, 9.17) is 5.26 Å². The molecule has 2 heterocycles. The minimum absolute atomic E-state index is 0. The molecule has 1 amide bonds. The second-order valence-electron chi connectivity index (χ2n) is 7.96. The summed E-state index contributed by atoms with van der Waals surface area (Å²) in [6, 6.07) is 14.7. The summed E-state index contributed by atoms with van der Waals surface area (Å²) >= 11 is 0. The van der Waals surface area contributed by atoms with E-state index in [-0.39, 0.29) is 36.4 Å². The van der Waals surface area contributed by atoms with Gasteiger partial charge in [0.25, 0.3) is 0 Å². The zero-order valence-corrected chi connectivity index (χ0v) is 20.4. The highest BCUT2D eigenvalue weighted by Gasteiger charge is 2.32. The summed E-state index contributed by atoms with van der Waals surface area (Å²) in [6.07, 6.45) is 2.52. The summed E-state index contributed by atoms with van der Waals surface area (Å²) in [6.45, 7) is 2.66. The lowest BCUT2D eigenvalue weighted by molar-refractivity contribution is -0.127. The van der Waals surface area contributed by atoms with Crippen molar-refractivity contribution in [3.05, 3.63) is 65.0 Å². The third kappa shape index (κ3) is 5.04. The fraction of sp³-hybridized carbons (Fsp3) is 0.375. The van der Waals surface area contributed by atoms with Crippen molar-refractivity contribution in [2.75, 3.05) is 31.6 Å². The molecule has 2 aliphatic rings. The van der Waals surface area contributed by atoms with Gasteiger partial charge in [-0.15, -0.1) is 24.0 Å². The Morgan fingerprint density at radius 3 is 2.81 bits per heavy atom. The van der Waals surface area contributed by atoms with Gasteiger partial charge < -0.3 is 15.1 Å². The minimum Gasteiger partial charge on any atom is -0.352 e. The van der Waals surface area contributed by atoms with Crippen LogP contribution in [0.1, 0.15) is 41.9 Å². The van der Waals surface area contributed by atoms with Gasteiger partial charge in [-0.05, 0) is 36.6 Å². The second kappa shape index (κ2) is 10.8. The molecule has 0 bridgehead atoms. The molecule has 0 aromatic heterocycles. The number of hydrogen-bond acceptors (Lipinski definition) is 3. The summed E-state index contributed by atoms with van der Waals surface area (Å²) < 4.78 is 14.3. The standard InChI is InChI=1S/C24H26FN5O.HI/c1-27-24(28-15-18-9-8-17(14-26)13-21(18)25)30-16-19(20-5-2-3-6-22(20)30)10-12-29-11-4-7-23(29)31;/h2-3,5-6,8-9,13,19H,4,7,10-12,15-16H2,1H3,(H,27,28);1H. The number of nitrogens with one attached hydrogen (secondary N) is 1. The summed E-state index contributed by atoms with van der Waals surface area (Å²) in [5.74, 6) is 0.827. The van der Waals surface area contributed by atoms with E-state index in [2.05, 4.69) is 27.3 Å². The van der Waals surface area contributed by atoms with E-state index >= 15 is 0 Å². The van der Waals surface area contributed by atoms with Crippen LogP contribution in [0.3, 0.4) is 0 Å². The minimum atomic E-state index is -0.406. The van der Waals surface area contributed by atoms with Crippen molar-refractivity contribution in [3.63, 3.8) is 0 Å². The predicted molar refractivity (Wildman–Crippen MR) is 134 cm³/mol. The lowest BCUT2D eigenvalue weighted by atomic mass is 9.98. The molecule has 1 unspecified atom stereocenters. The number of anilines is 1. The number of carbonyl (C=O) groups excluding carboxylic acids is 1. The number of nitriles is 1. The van der Waals surface area contributed by atoms with E-state index in [0.717, 1.165) is 38.2 Å². The summed E-state index contributed by atoms with van der Waals surface area (Å²) in [5.41, 5.74) is 3.13. The number of halogens is 2. The monoisotopic (exact) mass is 547 g/mol. The Morgan fingerprint density at radius 1 is 1.31 bits per heavy atom. The third-order valence-electron chi connectivity index (χ3n) is 6.08. The van der Waals surface area contributed by atoms with Gasteiger partial charge in [0.05, 0.1) is 11.6 Å². The van der Waals surface area contributed by atoms with Crippen LogP contribution in [0.2, 0.25) is 0 Å². The van der Waals surface area contributed by atoms with E-state index in [9.17, 15) is 9.18 Å². The molecule has 32 heavy (non-hydrogen) atoms. The van der Waals surface area contributed by atoms with Gasteiger partial charge in [0.15, 0.2) is 5.96 Å². The Labute approximate surface area is 205 Å². The molecule has 168 valence electrons. The number of amides is 1. The molecular weight excluding hydrogens is 520 g/mol. The normalized spacial score (nSPS) is 17.7. The first-order valence-electron chi connectivity index (χ1n) is 10.6. The number of rotatable bonds is 5. The molecule has 1 saturated heterocycles. The number of para-hydroxylation sites is 1. The molecule has 8 heteroatoms. The topological polar surface area (TPSA) is 71.7 Å². The van der Waals surface area contributed by atoms with E-state index < -0.39 is 5.82 Å². The number of hydrogen-bond donors (Lipinski definition) is 1. The van der Waals surface area contributed by atoms with Crippen molar-refractivity contribution in [1.29, 1.82) is 5.26 Å². The molecule has 0 aliphatic carbocycles. The van der Waals surface area contributed by atoms with Crippen LogP contribution in [-0.4, -0.2) is 43.4 Å². The van der Waals surface area contributed by atoms with Gasteiger partial charge in [-0.1, -0.05) is 24.3 Å². The summed E-state index contributed by atoms with van der Waals surface area (Å²) in [4.78, 5) is 20.5. The van der Waals surface area contributed by atoms with Crippen LogP contribution < -0.4 is 10.2 Å². The maximum Gasteiger partial charge on any atom is 0.222 e. The van der Waals surface area contributed by atoms with Crippen molar-refractivity contribution in [3.8, 4) is 6.07 Å². The van der Waals surface area contributed by atoms with Gasteiger partial charge in [0.2, 0.25) is 5.91 Å². The van der Waals surface area contributed by atoms with Crippen molar-refractivity contribution < 1.29 is 9.18 Å². The van der Waals surface area contributed by atoms with Crippen LogP contribution in [-0.2, 0) is 11.3 Å². The highest BCUT2D eigenvalue weighted by molar-refractivity contribution is 14.0. The van der Waals surface area contributed by atoms with E-state index in [1.807, 2.05) is 23.1 Å². The Morgan fingerprint density at radius 2 is 2.12 bits per heavy atom. The zero-order chi connectivity index (χ0) is 21.8. The van der Waals surface area contributed by atoms with Crippen LogP contribution in [0.15, 0.2) is 47.5 Å². The number of fused-ring (bicyclic) bond motifs is 1. The van der Waals surface area contributed by atoms with Crippen molar-refractivity contribution in [2.24, 2.45) is 4.99 Å². The Bertz CT molecular complexity index is 1050. The smallest absolute Gasteiger partial charge is 0.222 e. The maximum absolute atomic E-state index is 14.3. The quantitative estimate of drug-likeness (QED) is 0.349. The van der Waals surface area contributed by atoms with Gasteiger partial charge in [0, 0.05) is 56.8 Å². The number of likely N-dealkylation sites (tertiary alicyclic amines) is 1. The molecule has 0 radical (unpaired) electrons. The molecule has 0 spiro atoms. The molecule has 1 N–H and O–H groups in total. The Balaban J connectivity index is 0.00000289. The molecule has 2 aromatic rings. The average molecular weight is 547 g/mol. The first-order valence-corrected chi connectivity index (χ1v) is 10.6. The molecule has 1 fully saturated rings. The zero-order valence-electron chi connectivity index (χ0n) is 18.1. The molecule has 0 saturated carbocycles. The third-order valence-corrected chi connectivity index (χ3v) is 6.08.